The second kappa shape index (κ2) is 4.32. The molecule has 0 radical (unpaired) electrons. The molecular weight excluding hydrogens is 228 g/mol. The standard InChI is InChI=1S/C15H12OS/c16-14(11-5-2-1-3-6-11)13-8-4-7-12-9-10-17-15(12)13/h1-10,14,16H. The average molecular weight is 240 g/mol. The smallest absolute Gasteiger partial charge is 0.105 e. The number of fused-ring (bicyclic) bond motifs is 1. The van der Waals surface area contributed by atoms with Crippen molar-refractivity contribution in [3.63, 3.8) is 0 Å². The third-order valence-electron chi connectivity index (χ3n) is 2.92. The first-order valence-corrected chi connectivity index (χ1v) is 6.43. The molecule has 1 unspecified atom stereocenters. The largest absolute Gasteiger partial charge is 0.384 e. The van der Waals surface area contributed by atoms with Crippen LogP contribution >= 0.6 is 11.3 Å². The van der Waals surface area contributed by atoms with Crippen molar-refractivity contribution in [3.05, 3.63) is 71.1 Å². The first-order valence-electron chi connectivity index (χ1n) is 5.55. The van der Waals surface area contributed by atoms with Gasteiger partial charge in [0, 0.05) is 10.3 Å². The van der Waals surface area contributed by atoms with Crippen LogP contribution in [0.15, 0.2) is 60.0 Å². The Kier molecular flexibility index (Phi) is 2.67. The minimum absolute atomic E-state index is 0.543. The van der Waals surface area contributed by atoms with Crippen molar-refractivity contribution < 1.29 is 5.11 Å². The topological polar surface area (TPSA) is 20.2 Å². The van der Waals surface area contributed by atoms with Gasteiger partial charge in [-0.05, 0) is 22.4 Å². The van der Waals surface area contributed by atoms with Crippen LogP contribution in [0.3, 0.4) is 0 Å². The van der Waals surface area contributed by atoms with Crippen molar-refractivity contribution in [2.24, 2.45) is 0 Å². The molecule has 0 saturated heterocycles. The zero-order chi connectivity index (χ0) is 11.7. The highest BCUT2D eigenvalue weighted by Crippen LogP contribution is 2.31. The SMILES string of the molecule is OC(c1ccccc1)c1cccc2ccsc12. The Bertz CT molecular complexity index is 627. The molecule has 0 aliphatic carbocycles. The van der Waals surface area contributed by atoms with E-state index in [1.807, 2.05) is 42.5 Å². The van der Waals surface area contributed by atoms with Gasteiger partial charge in [0.1, 0.15) is 6.10 Å². The Morgan fingerprint density at radius 1 is 0.882 bits per heavy atom. The van der Waals surface area contributed by atoms with Crippen molar-refractivity contribution >= 4 is 21.4 Å². The molecule has 1 heterocycles. The molecule has 0 amide bonds. The van der Waals surface area contributed by atoms with E-state index in [1.165, 1.54) is 10.1 Å². The molecule has 0 fully saturated rings. The number of thiophene rings is 1. The number of benzene rings is 2. The summed E-state index contributed by atoms with van der Waals surface area (Å²) in [6, 6.07) is 17.9. The minimum atomic E-state index is -0.543. The lowest BCUT2D eigenvalue weighted by Gasteiger charge is -2.12. The van der Waals surface area contributed by atoms with Gasteiger partial charge >= 0.3 is 0 Å². The molecule has 0 saturated carbocycles. The van der Waals surface area contributed by atoms with E-state index in [9.17, 15) is 5.11 Å². The fourth-order valence-corrected chi connectivity index (χ4v) is 2.99. The van der Waals surface area contributed by atoms with Gasteiger partial charge in [0.2, 0.25) is 0 Å². The van der Waals surface area contributed by atoms with E-state index in [1.54, 1.807) is 11.3 Å². The van der Waals surface area contributed by atoms with Crippen molar-refractivity contribution in [1.29, 1.82) is 0 Å². The minimum Gasteiger partial charge on any atom is -0.384 e. The summed E-state index contributed by atoms with van der Waals surface area (Å²) in [7, 11) is 0. The number of aliphatic hydroxyl groups excluding tert-OH is 1. The van der Waals surface area contributed by atoms with E-state index in [0.717, 1.165) is 11.1 Å². The average Bonchev–Trinajstić information content (AvgIpc) is 2.87. The second-order valence-corrected chi connectivity index (χ2v) is 4.92. The van der Waals surface area contributed by atoms with Gasteiger partial charge in [-0.3, -0.25) is 0 Å². The summed E-state index contributed by atoms with van der Waals surface area (Å²) in [4.78, 5) is 0. The Labute approximate surface area is 104 Å². The van der Waals surface area contributed by atoms with Gasteiger partial charge in [-0.25, -0.2) is 0 Å². The van der Waals surface area contributed by atoms with E-state index < -0.39 is 6.10 Å². The second-order valence-electron chi connectivity index (χ2n) is 4.00. The molecule has 17 heavy (non-hydrogen) atoms. The first-order chi connectivity index (χ1) is 8.36. The van der Waals surface area contributed by atoms with Crippen LogP contribution in [0.4, 0.5) is 0 Å². The molecule has 2 heteroatoms. The van der Waals surface area contributed by atoms with Gasteiger partial charge in [0.05, 0.1) is 0 Å². The van der Waals surface area contributed by atoms with Crippen molar-refractivity contribution in [1.82, 2.24) is 0 Å². The van der Waals surface area contributed by atoms with Gasteiger partial charge in [-0.1, -0.05) is 48.5 Å². The van der Waals surface area contributed by atoms with Crippen LogP contribution in [0, 0.1) is 0 Å². The maximum atomic E-state index is 10.4. The van der Waals surface area contributed by atoms with E-state index in [-0.39, 0.29) is 0 Å². The van der Waals surface area contributed by atoms with Gasteiger partial charge in [0.15, 0.2) is 0 Å². The number of hydrogen-bond donors (Lipinski definition) is 1. The molecular formula is C15H12OS. The van der Waals surface area contributed by atoms with E-state index in [4.69, 9.17) is 0 Å². The molecule has 1 aromatic heterocycles. The van der Waals surface area contributed by atoms with Gasteiger partial charge in [-0.2, -0.15) is 0 Å². The van der Waals surface area contributed by atoms with Crippen molar-refractivity contribution in [2.75, 3.05) is 0 Å². The Morgan fingerprint density at radius 2 is 1.71 bits per heavy atom. The molecule has 0 spiro atoms. The van der Waals surface area contributed by atoms with E-state index >= 15 is 0 Å². The molecule has 0 aliphatic rings. The summed E-state index contributed by atoms with van der Waals surface area (Å²) < 4.78 is 1.17. The lowest BCUT2D eigenvalue weighted by molar-refractivity contribution is 0.222. The summed E-state index contributed by atoms with van der Waals surface area (Å²) in [5.74, 6) is 0. The van der Waals surface area contributed by atoms with Crippen LogP contribution in [0.5, 0.6) is 0 Å². The molecule has 3 aromatic rings. The zero-order valence-electron chi connectivity index (χ0n) is 9.21. The lowest BCUT2D eigenvalue weighted by Crippen LogP contribution is -1.99. The van der Waals surface area contributed by atoms with Crippen LogP contribution in [-0.2, 0) is 0 Å². The van der Waals surface area contributed by atoms with Crippen LogP contribution in [-0.4, -0.2) is 5.11 Å². The fourth-order valence-electron chi connectivity index (χ4n) is 2.05. The fraction of sp³-hybridized carbons (Fsp3) is 0.0667. The summed E-state index contributed by atoms with van der Waals surface area (Å²) in [6.07, 6.45) is -0.543. The first kappa shape index (κ1) is 10.5. The maximum Gasteiger partial charge on any atom is 0.105 e. The molecule has 0 aliphatic heterocycles. The predicted octanol–water partition coefficient (Wildman–Crippen LogP) is 3.98. The van der Waals surface area contributed by atoms with Gasteiger partial charge < -0.3 is 5.11 Å². The molecule has 1 N–H and O–H groups in total. The third-order valence-corrected chi connectivity index (χ3v) is 3.90. The molecule has 3 rings (SSSR count). The van der Waals surface area contributed by atoms with Gasteiger partial charge in [-0.15, -0.1) is 11.3 Å². The molecule has 84 valence electrons. The number of hydrogen-bond acceptors (Lipinski definition) is 2. The highest BCUT2D eigenvalue weighted by atomic mass is 32.1. The lowest BCUT2D eigenvalue weighted by atomic mass is 10.0. The molecule has 2 aromatic carbocycles. The summed E-state index contributed by atoms with van der Waals surface area (Å²) >= 11 is 1.68. The van der Waals surface area contributed by atoms with Crippen molar-refractivity contribution in [2.45, 2.75) is 6.10 Å². The van der Waals surface area contributed by atoms with E-state index in [0.29, 0.717) is 0 Å². The summed E-state index contributed by atoms with van der Waals surface area (Å²) in [5, 5.41) is 13.7. The third kappa shape index (κ3) is 1.86. The summed E-state index contributed by atoms with van der Waals surface area (Å²) in [6.45, 7) is 0. The Morgan fingerprint density at radius 3 is 2.53 bits per heavy atom. The Hall–Kier alpha value is -1.64. The predicted molar refractivity (Wildman–Crippen MR) is 72.3 cm³/mol. The monoisotopic (exact) mass is 240 g/mol. The highest BCUT2D eigenvalue weighted by molar-refractivity contribution is 7.17. The van der Waals surface area contributed by atoms with Crippen LogP contribution < -0.4 is 0 Å². The number of aliphatic hydroxyl groups is 1. The molecule has 0 bridgehead atoms. The number of rotatable bonds is 2. The van der Waals surface area contributed by atoms with Crippen LogP contribution in [0.25, 0.3) is 10.1 Å². The molecule has 1 atom stereocenters. The van der Waals surface area contributed by atoms with Gasteiger partial charge in [0.25, 0.3) is 0 Å². The van der Waals surface area contributed by atoms with Crippen LogP contribution in [0.1, 0.15) is 17.2 Å². The zero-order valence-corrected chi connectivity index (χ0v) is 10.0. The summed E-state index contributed by atoms with van der Waals surface area (Å²) in [5.41, 5.74) is 1.93. The van der Waals surface area contributed by atoms with Crippen LogP contribution in [0.2, 0.25) is 0 Å². The quantitative estimate of drug-likeness (QED) is 0.718. The maximum absolute atomic E-state index is 10.4. The normalized spacial score (nSPS) is 12.8. The van der Waals surface area contributed by atoms with E-state index in [2.05, 4.69) is 17.5 Å². The Balaban J connectivity index is 2.13. The molecule has 1 nitrogen and oxygen atoms in total. The van der Waals surface area contributed by atoms with Crippen molar-refractivity contribution in [3.8, 4) is 0 Å². The highest BCUT2D eigenvalue weighted by Gasteiger charge is 2.13.